The van der Waals surface area contributed by atoms with E-state index < -0.39 is 15.8 Å². The molecule has 10 atom stereocenters. The molecule has 1 saturated heterocycles. The minimum absolute atomic E-state index is 0.00766. The Morgan fingerprint density at radius 2 is 1.62 bits per heavy atom. The third-order valence-corrected chi connectivity index (χ3v) is 18.6. The van der Waals surface area contributed by atoms with Gasteiger partial charge in [0.25, 0.3) is 0 Å². The van der Waals surface area contributed by atoms with Gasteiger partial charge in [0.05, 0.1) is 24.2 Å². The summed E-state index contributed by atoms with van der Waals surface area (Å²) < 4.78 is 29.3. The molecule has 0 spiro atoms. The molecule has 5 fully saturated rings. The van der Waals surface area contributed by atoms with E-state index in [9.17, 15) is 23.1 Å². The molecule has 3 N–H and O–H groups in total. The SMILES string of the molecule is COC(=O)NC(C)[C@@H]1CC[C@]2(NCCN3CCS(=O)(=O)CC3)CC[C@]3(C)[C@H](CC[C@@H]4[C@@]5(C)CC=C(c6ccc(C(=O)O)cc6)C(C)(C)[C@@H]5CC[C@]43C)[C@@H]12. The van der Waals surface area contributed by atoms with E-state index in [1.165, 1.54) is 44.8 Å². The Labute approximate surface area is 318 Å². The molecule has 10 heteroatoms. The maximum absolute atomic E-state index is 12.5. The smallest absolute Gasteiger partial charge is 0.407 e. The number of fused-ring (bicyclic) bond motifs is 7. The van der Waals surface area contributed by atoms with Gasteiger partial charge in [0.15, 0.2) is 9.84 Å². The lowest BCUT2D eigenvalue weighted by molar-refractivity contribution is -0.221. The van der Waals surface area contributed by atoms with Crippen molar-refractivity contribution in [2.45, 2.75) is 111 Å². The van der Waals surface area contributed by atoms with E-state index in [1.54, 1.807) is 12.1 Å². The van der Waals surface area contributed by atoms with Gasteiger partial charge < -0.3 is 25.4 Å². The highest BCUT2D eigenvalue weighted by Crippen LogP contribution is 2.76. The quantitative estimate of drug-likeness (QED) is 0.253. The molecule has 294 valence electrons. The fraction of sp³-hybridized carbons (Fsp3) is 0.767. The average molecular weight is 752 g/mol. The number of benzene rings is 1. The van der Waals surface area contributed by atoms with Crippen LogP contribution in [0.1, 0.15) is 115 Å². The van der Waals surface area contributed by atoms with Crippen molar-refractivity contribution in [1.29, 1.82) is 0 Å². The number of rotatable bonds is 8. The first-order valence-corrected chi connectivity index (χ1v) is 22.3. The van der Waals surface area contributed by atoms with Gasteiger partial charge >= 0.3 is 12.1 Å². The summed E-state index contributed by atoms with van der Waals surface area (Å²) in [5.74, 6) is 2.08. The Balaban J connectivity index is 1.17. The summed E-state index contributed by atoms with van der Waals surface area (Å²) in [7, 11) is -1.46. The van der Waals surface area contributed by atoms with E-state index in [0.717, 1.165) is 44.3 Å². The maximum Gasteiger partial charge on any atom is 0.407 e. The highest BCUT2D eigenvalue weighted by Gasteiger charge is 2.70. The molecular formula is C43H65N3O6S. The highest BCUT2D eigenvalue weighted by atomic mass is 32.2. The lowest BCUT2D eigenvalue weighted by Gasteiger charge is -2.72. The number of aromatic carboxylic acids is 1. The van der Waals surface area contributed by atoms with Crippen molar-refractivity contribution in [3.63, 3.8) is 0 Å². The molecule has 53 heavy (non-hydrogen) atoms. The molecular weight excluding hydrogens is 687 g/mol. The second-order valence-corrected chi connectivity index (χ2v) is 21.6. The number of hydrogen-bond donors (Lipinski definition) is 3. The van der Waals surface area contributed by atoms with Crippen LogP contribution in [0.3, 0.4) is 0 Å². The maximum atomic E-state index is 12.5. The van der Waals surface area contributed by atoms with Crippen LogP contribution in [0.2, 0.25) is 0 Å². The van der Waals surface area contributed by atoms with Crippen LogP contribution in [0.15, 0.2) is 30.3 Å². The van der Waals surface area contributed by atoms with Gasteiger partial charge in [-0.25, -0.2) is 18.0 Å². The molecule has 1 unspecified atom stereocenters. The van der Waals surface area contributed by atoms with Crippen LogP contribution in [0.25, 0.3) is 5.57 Å². The number of carbonyl (C=O) groups excluding carboxylic acids is 1. The van der Waals surface area contributed by atoms with Gasteiger partial charge in [-0.1, -0.05) is 52.8 Å². The van der Waals surface area contributed by atoms with Crippen LogP contribution in [0, 0.1) is 51.2 Å². The van der Waals surface area contributed by atoms with Crippen molar-refractivity contribution in [1.82, 2.24) is 15.5 Å². The first kappa shape index (κ1) is 38.8. The van der Waals surface area contributed by atoms with Crippen LogP contribution in [-0.4, -0.2) is 86.9 Å². The zero-order valence-corrected chi connectivity index (χ0v) is 34.1. The van der Waals surface area contributed by atoms with Crippen LogP contribution < -0.4 is 10.6 Å². The molecule has 1 aliphatic heterocycles. The number of nitrogens with one attached hydrogen (secondary N) is 2. The van der Waals surface area contributed by atoms with Crippen molar-refractivity contribution in [3.05, 3.63) is 41.5 Å². The van der Waals surface area contributed by atoms with Gasteiger partial charge in [0, 0.05) is 37.8 Å². The number of allylic oxidation sites excluding steroid dienone is 2. The van der Waals surface area contributed by atoms with Gasteiger partial charge in [-0.15, -0.1) is 0 Å². The summed E-state index contributed by atoms with van der Waals surface area (Å²) >= 11 is 0. The molecule has 1 aromatic rings. The molecule has 0 bridgehead atoms. The van der Waals surface area contributed by atoms with Crippen molar-refractivity contribution in [3.8, 4) is 0 Å². The van der Waals surface area contributed by atoms with Crippen LogP contribution in [0.4, 0.5) is 4.79 Å². The molecule has 1 heterocycles. The van der Waals surface area contributed by atoms with Gasteiger partial charge in [-0.2, -0.15) is 0 Å². The Morgan fingerprint density at radius 1 is 0.925 bits per heavy atom. The fourth-order valence-electron chi connectivity index (χ4n) is 14.2. The lowest BCUT2D eigenvalue weighted by Crippen LogP contribution is -2.68. The van der Waals surface area contributed by atoms with Crippen LogP contribution >= 0.6 is 0 Å². The van der Waals surface area contributed by atoms with E-state index in [-0.39, 0.29) is 50.8 Å². The van der Waals surface area contributed by atoms with Crippen molar-refractivity contribution in [2.75, 3.05) is 44.8 Å². The molecule has 6 aliphatic rings. The molecule has 1 amide bonds. The largest absolute Gasteiger partial charge is 0.478 e. The second-order valence-electron chi connectivity index (χ2n) is 19.3. The summed E-state index contributed by atoms with van der Waals surface area (Å²) in [6, 6.07) is 7.52. The van der Waals surface area contributed by atoms with E-state index in [4.69, 9.17) is 4.74 Å². The lowest BCUT2D eigenvalue weighted by atomic mass is 9.33. The minimum Gasteiger partial charge on any atom is -0.478 e. The molecule has 0 aromatic heterocycles. The first-order chi connectivity index (χ1) is 24.9. The number of nitrogens with zero attached hydrogens (tertiary/aromatic N) is 1. The number of alkyl carbamates (subject to hydrolysis) is 1. The monoisotopic (exact) mass is 751 g/mol. The van der Waals surface area contributed by atoms with Crippen molar-refractivity contribution < 1.29 is 27.9 Å². The molecule has 4 saturated carbocycles. The third-order valence-electron chi connectivity index (χ3n) is 17.0. The van der Waals surface area contributed by atoms with Gasteiger partial charge in [0.1, 0.15) is 0 Å². The molecule has 0 radical (unpaired) electrons. The second kappa shape index (κ2) is 13.6. The Kier molecular flexibility index (Phi) is 10.00. The van der Waals surface area contributed by atoms with Crippen molar-refractivity contribution >= 4 is 27.5 Å². The van der Waals surface area contributed by atoms with Gasteiger partial charge in [0.2, 0.25) is 0 Å². The van der Waals surface area contributed by atoms with Gasteiger partial charge in [-0.05, 0) is 139 Å². The first-order valence-electron chi connectivity index (χ1n) is 20.5. The molecule has 7 rings (SSSR count). The summed E-state index contributed by atoms with van der Waals surface area (Å²) in [6.07, 6.45) is 12.5. The Hall–Kier alpha value is -2.43. The van der Waals surface area contributed by atoms with Gasteiger partial charge in [-0.3, -0.25) is 0 Å². The number of methoxy groups -OCH3 is 1. The van der Waals surface area contributed by atoms with Crippen LogP contribution in [0.5, 0.6) is 0 Å². The highest BCUT2D eigenvalue weighted by molar-refractivity contribution is 7.91. The topological polar surface area (TPSA) is 125 Å². The molecule has 9 nitrogen and oxygen atoms in total. The van der Waals surface area contributed by atoms with E-state index in [0.29, 0.717) is 48.2 Å². The predicted molar refractivity (Wildman–Crippen MR) is 209 cm³/mol. The zero-order chi connectivity index (χ0) is 38.2. The fourth-order valence-corrected chi connectivity index (χ4v) is 15.5. The molecule has 1 aromatic carbocycles. The van der Waals surface area contributed by atoms with E-state index in [2.05, 4.69) is 63.2 Å². The number of ether oxygens (including phenoxy) is 1. The zero-order valence-electron chi connectivity index (χ0n) is 33.3. The third kappa shape index (κ3) is 6.29. The Bertz CT molecular complexity index is 1710. The average Bonchev–Trinajstić information content (AvgIpc) is 3.49. The summed E-state index contributed by atoms with van der Waals surface area (Å²) in [5, 5.41) is 16.9. The number of amides is 1. The summed E-state index contributed by atoms with van der Waals surface area (Å²) in [5.41, 5.74) is 3.32. The number of carbonyl (C=O) groups is 2. The molecule has 5 aliphatic carbocycles. The number of carboxylic acids is 1. The number of sulfone groups is 1. The minimum atomic E-state index is -2.91. The van der Waals surface area contributed by atoms with Crippen LogP contribution in [-0.2, 0) is 14.6 Å². The Morgan fingerprint density at radius 3 is 2.28 bits per heavy atom. The summed E-state index contributed by atoms with van der Waals surface area (Å²) in [4.78, 5) is 26.4. The summed E-state index contributed by atoms with van der Waals surface area (Å²) in [6.45, 7) is 17.9. The standard InChI is InChI=1S/C43H65N3O6S/c1-28(45-38(49)52-7)31-14-19-43(44-22-23-46-24-26-53(50,51)27-25-46)21-20-41(5)33(36(31)43)12-13-35-40(4)17-15-32(29-8-10-30(11-9-29)37(47)48)39(2,3)34(40)16-18-42(35,41)6/h8-11,15,28,31,33-36,44H,12-14,16-27H2,1-7H3,(H,45,49)(H,47,48)/t28?,31-,33+,34-,35+,36+,40-,41+,42+,43-/m0/s1. The number of hydrogen-bond acceptors (Lipinski definition) is 7. The van der Waals surface area contributed by atoms with Crippen molar-refractivity contribution in [2.24, 2.45) is 51.2 Å². The van der Waals surface area contributed by atoms with E-state index in [1.807, 2.05) is 12.1 Å². The predicted octanol–water partition coefficient (Wildman–Crippen LogP) is 7.28. The van der Waals surface area contributed by atoms with E-state index >= 15 is 0 Å². The number of carboxylic acid groups (broad SMARTS) is 1. The normalized spacial score (nSPS) is 40.7.